The van der Waals surface area contributed by atoms with Gasteiger partial charge in [0.1, 0.15) is 0 Å². The van der Waals surface area contributed by atoms with E-state index in [2.05, 4.69) is 82.5 Å². The monoisotopic (exact) mass is 1150 g/mol. The number of nitrogens with one attached hydrogen (secondary N) is 2. The maximum absolute atomic E-state index is 7.50. The van der Waals surface area contributed by atoms with Crippen molar-refractivity contribution in [2.45, 2.75) is 0 Å². The molecular weight excluding hydrogens is 1100 g/mol. The molecule has 0 atom stereocenters. The Balaban J connectivity index is 1.02. The standard InChI is InChI=1S/C72H58N3O6P3/c1-7-19-55(20-8-1)61-31-43-67(44-32-61)76-82(77-68-45-33-62(34-46-68)56-21-9-2-10-22-56)73-83(78-69-47-35-63(36-48-69)57-23-11-3-12-24-57,79-70-49-37-64(38-50-70)58-25-13-4-14-26-58)75-84(74-82,80-71-51-39-65(40-52-71)59-27-15-5-16-28-59)81-72-53-41-66(42-54-72)60-29-17-6-18-30-60/h1-54,73-74,82-83H. The molecule has 12 aromatic rings. The topological polar surface area (TPSA) is 91.8 Å². The van der Waals surface area contributed by atoms with Crippen LogP contribution in [0.15, 0.2) is 332 Å². The van der Waals surface area contributed by atoms with Crippen LogP contribution >= 0.6 is 23.7 Å². The van der Waals surface area contributed by atoms with E-state index >= 15 is 0 Å². The molecule has 84 heavy (non-hydrogen) atoms. The summed E-state index contributed by atoms with van der Waals surface area (Å²) in [7, 11) is -13.1. The van der Waals surface area contributed by atoms with E-state index in [4.69, 9.17) is 31.7 Å². The first-order valence-corrected chi connectivity index (χ1v) is 32.9. The number of nitrogens with zero attached hydrogens (tertiary/aromatic N) is 1. The molecule has 0 spiro atoms. The molecule has 0 aliphatic carbocycles. The summed E-state index contributed by atoms with van der Waals surface area (Å²) in [5.41, 5.74) is 12.4. The van der Waals surface area contributed by atoms with Crippen LogP contribution < -0.4 is 36.9 Å². The van der Waals surface area contributed by atoms with Crippen molar-refractivity contribution in [3.8, 4) is 101 Å². The summed E-state index contributed by atoms with van der Waals surface area (Å²) in [5, 5.41) is 0. The predicted molar refractivity (Wildman–Crippen MR) is 347 cm³/mol. The van der Waals surface area contributed by atoms with E-state index in [1.54, 1.807) is 0 Å². The Morgan fingerprint density at radius 3 is 0.667 bits per heavy atom. The van der Waals surface area contributed by atoms with Crippen molar-refractivity contribution in [3.63, 3.8) is 0 Å². The quantitative estimate of drug-likeness (QED) is 0.0821. The molecule has 0 bridgehead atoms. The Bertz CT molecular complexity index is 3880. The van der Waals surface area contributed by atoms with Gasteiger partial charge in [0, 0.05) is 0 Å². The molecule has 0 amide bonds. The summed E-state index contributed by atoms with van der Waals surface area (Å²) in [4.78, 5) is 7.63. The Labute approximate surface area is 491 Å². The van der Waals surface area contributed by atoms with E-state index < -0.39 is 23.7 Å². The maximum atomic E-state index is 7.50. The first-order valence-electron chi connectivity index (χ1n) is 27.7. The van der Waals surface area contributed by atoms with Gasteiger partial charge in [-0.25, -0.2) is 0 Å². The summed E-state index contributed by atoms with van der Waals surface area (Å²) in [5.74, 6) is 2.85. The van der Waals surface area contributed by atoms with Crippen molar-refractivity contribution >= 4 is 23.7 Å². The molecular formula is C72H58N3O6P3. The van der Waals surface area contributed by atoms with E-state index in [-0.39, 0.29) is 0 Å². The summed E-state index contributed by atoms with van der Waals surface area (Å²) >= 11 is 0. The first-order chi connectivity index (χ1) is 41.4. The van der Waals surface area contributed by atoms with Gasteiger partial charge in [0.15, 0.2) is 0 Å². The van der Waals surface area contributed by atoms with Crippen LogP contribution in [0.5, 0.6) is 34.5 Å². The van der Waals surface area contributed by atoms with Gasteiger partial charge in [0.25, 0.3) is 0 Å². The molecule has 412 valence electrons. The van der Waals surface area contributed by atoms with E-state index in [0.29, 0.717) is 34.5 Å². The Morgan fingerprint density at radius 2 is 0.429 bits per heavy atom. The molecule has 13 rings (SSSR count). The van der Waals surface area contributed by atoms with E-state index in [1.807, 2.05) is 255 Å². The van der Waals surface area contributed by atoms with Gasteiger partial charge in [-0.1, -0.05) is 0 Å². The molecule has 0 radical (unpaired) electrons. The van der Waals surface area contributed by atoms with Crippen LogP contribution in [-0.4, -0.2) is 0 Å². The van der Waals surface area contributed by atoms with Gasteiger partial charge >= 0.3 is 494 Å². The second-order valence-corrected chi connectivity index (χ2v) is 27.3. The van der Waals surface area contributed by atoms with Crippen LogP contribution in [0.25, 0.3) is 66.8 Å². The Morgan fingerprint density at radius 1 is 0.226 bits per heavy atom. The SMILES string of the molecule is c1ccc(-c2ccc(OP3(Oc4ccc(-c5ccccc5)cc4)=N[PH](Oc4ccc(-c5ccccc5)cc4)(Oc4ccc(-c5ccccc5)cc4)N[PH](Oc4ccc(-c5ccccc5)cc4)(Oc4ccc(-c5ccccc5)cc4)N3)cc2)cc1. The molecule has 0 saturated carbocycles. The Hall–Kier alpha value is -9.55. The zero-order chi connectivity index (χ0) is 56.4. The Kier molecular flexibility index (Phi) is 15.7. The molecule has 1 heterocycles. The van der Waals surface area contributed by atoms with Crippen molar-refractivity contribution in [2.75, 3.05) is 0 Å². The number of hydrogen-bond acceptors (Lipinski definition) is 9. The van der Waals surface area contributed by atoms with Crippen molar-refractivity contribution < 1.29 is 27.1 Å². The number of benzene rings is 12. The van der Waals surface area contributed by atoms with Gasteiger partial charge in [0.2, 0.25) is 0 Å². The fraction of sp³-hybridized carbons (Fsp3) is 0. The zero-order valence-corrected chi connectivity index (χ0v) is 48.4. The van der Waals surface area contributed by atoms with Gasteiger partial charge < -0.3 is 0 Å². The third kappa shape index (κ3) is 12.7. The molecule has 12 aromatic carbocycles. The molecule has 9 nitrogen and oxygen atoms in total. The first kappa shape index (κ1) is 53.7. The van der Waals surface area contributed by atoms with Gasteiger partial charge in [0.05, 0.1) is 0 Å². The minimum absolute atomic E-state index is 0.465. The third-order valence-corrected chi connectivity index (χ3v) is 24.1. The molecule has 0 unspecified atom stereocenters. The van der Waals surface area contributed by atoms with Crippen LogP contribution in [0.2, 0.25) is 0 Å². The fourth-order valence-electron chi connectivity index (χ4n) is 9.98. The van der Waals surface area contributed by atoms with Crippen molar-refractivity contribution in [3.05, 3.63) is 328 Å². The summed E-state index contributed by atoms with van der Waals surface area (Å²) in [6.07, 6.45) is 0. The van der Waals surface area contributed by atoms with Crippen LogP contribution in [0.1, 0.15) is 0 Å². The van der Waals surface area contributed by atoms with E-state index in [9.17, 15) is 0 Å². The molecule has 12 heteroatoms. The van der Waals surface area contributed by atoms with Crippen molar-refractivity contribution in [1.29, 1.82) is 0 Å². The van der Waals surface area contributed by atoms with E-state index in [0.717, 1.165) is 66.8 Å². The average molecular weight is 1150 g/mol. The van der Waals surface area contributed by atoms with Gasteiger partial charge in [-0.2, -0.15) is 0 Å². The van der Waals surface area contributed by atoms with Crippen LogP contribution in [0, 0.1) is 0 Å². The molecule has 0 saturated heterocycles. The molecule has 1 aliphatic rings. The number of rotatable bonds is 18. The average Bonchev–Trinajstić information content (AvgIpc) is 2.09. The number of hydrogen-bond donors (Lipinski definition) is 2. The van der Waals surface area contributed by atoms with Crippen LogP contribution in [0.3, 0.4) is 0 Å². The van der Waals surface area contributed by atoms with Gasteiger partial charge in [-0.05, 0) is 0 Å². The third-order valence-electron chi connectivity index (χ3n) is 14.1. The molecule has 0 aromatic heterocycles. The second-order valence-electron chi connectivity index (χ2n) is 20.0. The molecule has 2 N–H and O–H groups in total. The zero-order valence-electron chi connectivity index (χ0n) is 45.5. The normalized spacial score (nSPS) is 14.5. The van der Waals surface area contributed by atoms with E-state index in [1.165, 1.54) is 0 Å². The van der Waals surface area contributed by atoms with Crippen molar-refractivity contribution in [1.82, 2.24) is 9.72 Å². The molecule has 1 aliphatic heterocycles. The summed E-state index contributed by atoms with van der Waals surface area (Å²) in [6, 6.07) is 109. The minimum atomic E-state index is -4.57. The van der Waals surface area contributed by atoms with Gasteiger partial charge in [-0.3, -0.25) is 0 Å². The van der Waals surface area contributed by atoms with Crippen LogP contribution in [0.4, 0.5) is 0 Å². The fourth-order valence-corrected chi connectivity index (χ4v) is 21.5. The van der Waals surface area contributed by atoms with Gasteiger partial charge in [-0.15, -0.1) is 0 Å². The van der Waals surface area contributed by atoms with Crippen molar-refractivity contribution in [2.24, 2.45) is 4.52 Å². The summed E-state index contributed by atoms with van der Waals surface area (Å²) < 4.78 is 50.6. The van der Waals surface area contributed by atoms with Crippen LogP contribution in [-0.2, 0) is 0 Å². The molecule has 0 fully saturated rings. The second kappa shape index (κ2) is 24.5. The summed E-state index contributed by atoms with van der Waals surface area (Å²) in [6.45, 7) is 0. The predicted octanol–water partition coefficient (Wildman–Crippen LogP) is 20.4.